The Balaban J connectivity index is 2.05. The third-order valence-corrected chi connectivity index (χ3v) is 3.34. The third-order valence-electron chi connectivity index (χ3n) is 3.34. The molecule has 2 bridgehead atoms. The van der Waals surface area contributed by atoms with E-state index in [2.05, 4.69) is 12.7 Å². The van der Waals surface area contributed by atoms with Gasteiger partial charge in [-0.1, -0.05) is 6.58 Å². The van der Waals surface area contributed by atoms with Crippen LogP contribution in [-0.2, 0) is 0 Å². The summed E-state index contributed by atoms with van der Waals surface area (Å²) in [4.78, 5) is 1.83. The van der Waals surface area contributed by atoms with E-state index in [9.17, 15) is 0 Å². The van der Waals surface area contributed by atoms with Gasteiger partial charge < -0.3 is 9.38 Å². The number of nitrogens with one attached hydrogen (secondary N) is 1. The lowest BCUT2D eigenvalue weighted by Crippen LogP contribution is -3.19. The predicted molar refractivity (Wildman–Crippen MR) is 45.5 cm³/mol. The van der Waals surface area contributed by atoms with E-state index in [0.717, 1.165) is 0 Å². The van der Waals surface area contributed by atoms with Crippen molar-refractivity contribution in [2.75, 3.05) is 45.8 Å². The molecule has 3 aliphatic rings. The minimum atomic E-state index is 1.20. The van der Waals surface area contributed by atoms with Crippen LogP contribution in [0, 0.1) is 0 Å². The zero-order chi connectivity index (χ0) is 7.73. The third kappa shape index (κ3) is 1.21. The number of piperazine rings is 3. The van der Waals surface area contributed by atoms with Crippen LogP contribution >= 0.6 is 0 Å². The molecule has 0 aliphatic carbocycles. The van der Waals surface area contributed by atoms with Crippen molar-refractivity contribution in [2.24, 2.45) is 0 Å². The molecule has 3 heterocycles. The topological polar surface area (TPSA) is 4.44 Å². The lowest BCUT2D eigenvalue weighted by molar-refractivity contribution is -1.07. The smallest absolute Gasteiger partial charge is 0.129 e. The van der Waals surface area contributed by atoms with Crippen LogP contribution in [0.15, 0.2) is 12.7 Å². The van der Waals surface area contributed by atoms with Gasteiger partial charge in [-0.25, -0.2) is 0 Å². The molecule has 0 aromatic rings. The van der Waals surface area contributed by atoms with E-state index in [1.807, 2.05) is 4.90 Å². The molecule has 0 aromatic carbocycles. The van der Waals surface area contributed by atoms with Gasteiger partial charge in [-0.15, -0.1) is 0 Å². The summed E-state index contributed by atoms with van der Waals surface area (Å²) in [7, 11) is 0. The number of hydrogen-bond acceptors (Lipinski definition) is 0. The van der Waals surface area contributed by atoms with Crippen LogP contribution in [0.25, 0.3) is 0 Å². The van der Waals surface area contributed by atoms with Gasteiger partial charge in [-0.3, -0.25) is 0 Å². The lowest BCUT2D eigenvalue weighted by atomic mass is 10.1. The second kappa shape index (κ2) is 2.61. The van der Waals surface area contributed by atoms with Gasteiger partial charge in [0.15, 0.2) is 0 Å². The quantitative estimate of drug-likeness (QED) is 0.380. The Labute approximate surface area is 68.7 Å². The molecular formula is C9H18N2+2. The van der Waals surface area contributed by atoms with Crippen molar-refractivity contribution < 1.29 is 9.38 Å². The normalized spacial score (nSPS) is 42.4. The molecule has 11 heavy (non-hydrogen) atoms. The first-order chi connectivity index (χ1) is 5.35. The molecule has 0 amide bonds. The second-order valence-electron chi connectivity index (χ2n) is 3.98. The van der Waals surface area contributed by atoms with Crippen molar-refractivity contribution in [3.05, 3.63) is 12.7 Å². The van der Waals surface area contributed by atoms with Crippen molar-refractivity contribution in [1.29, 1.82) is 0 Å². The van der Waals surface area contributed by atoms with E-state index in [1.165, 1.54) is 50.3 Å². The average Bonchev–Trinajstić information content (AvgIpc) is 2.07. The highest BCUT2D eigenvalue weighted by Crippen LogP contribution is 2.09. The number of rotatable bonds is 2. The van der Waals surface area contributed by atoms with Gasteiger partial charge in [-0.05, 0) is 6.08 Å². The molecule has 0 unspecified atom stereocenters. The fourth-order valence-corrected chi connectivity index (χ4v) is 2.44. The largest absolute Gasteiger partial charge is 0.321 e. The first kappa shape index (κ1) is 7.32. The van der Waals surface area contributed by atoms with Gasteiger partial charge in [0.05, 0.1) is 6.54 Å². The summed E-state index contributed by atoms with van der Waals surface area (Å²) >= 11 is 0. The van der Waals surface area contributed by atoms with Gasteiger partial charge in [0.2, 0.25) is 0 Å². The maximum atomic E-state index is 3.84. The van der Waals surface area contributed by atoms with Crippen LogP contribution in [0.4, 0.5) is 0 Å². The zero-order valence-electron chi connectivity index (χ0n) is 7.18. The molecule has 0 saturated carbocycles. The van der Waals surface area contributed by atoms with Crippen molar-refractivity contribution in [3.63, 3.8) is 0 Å². The first-order valence-corrected chi connectivity index (χ1v) is 4.64. The zero-order valence-corrected chi connectivity index (χ0v) is 7.18. The molecule has 3 aliphatic heterocycles. The molecule has 2 nitrogen and oxygen atoms in total. The summed E-state index contributed by atoms with van der Waals surface area (Å²) in [6, 6.07) is 0. The molecule has 0 spiro atoms. The number of nitrogens with zero attached hydrogens (tertiary/aromatic N) is 1. The molecule has 3 saturated heterocycles. The molecule has 0 atom stereocenters. The molecule has 3 rings (SSSR count). The predicted octanol–water partition coefficient (Wildman–Crippen LogP) is -1.10. The monoisotopic (exact) mass is 154 g/mol. The number of quaternary nitrogens is 2. The Morgan fingerprint density at radius 2 is 1.73 bits per heavy atom. The summed E-state index contributed by atoms with van der Waals surface area (Å²) in [6.07, 6.45) is 2.09. The molecule has 62 valence electrons. The van der Waals surface area contributed by atoms with Gasteiger partial charge in [-0.2, -0.15) is 0 Å². The summed E-state index contributed by atoms with van der Waals surface area (Å²) < 4.78 is 1.34. The minimum absolute atomic E-state index is 1.20. The van der Waals surface area contributed by atoms with Crippen LogP contribution in [0.1, 0.15) is 0 Å². The van der Waals surface area contributed by atoms with Crippen LogP contribution < -0.4 is 4.90 Å². The standard InChI is InChI=1S/C9H17N2/c1-2-6-11-7-3-10(4-8-11)5-9-11/h2H,1,3-9H2/q+1/p+1. The highest BCUT2D eigenvalue weighted by Gasteiger charge is 2.40. The Bertz CT molecular complexity index is 143. The summed E-state index contributed by atoms with van der Waals surface area (Å²) in [5.41, 5.74) is 0. The lowest BCUT2D eigenvalue weighted by Gasteiger charge is -2.47. The summed E-state index contributed by atoms with van der Waals surface area (Å²) in [6.45, 7) is 13.4. The Morgan fingerprint density at radius 1 is 1.18 bits per heavy atom. The fraction of sp³-hybridized carbons (Fsp3) is 0.778. The Hall–Kier alpha value is -0.340. The average molecular weight is 154 g/mol. The second-order valence-corrected chi connectivity index (χ2v) is 3.98. The first-order valence-electron chi connectivity index (χ1n) is 4.64. The van der Waals surface area contributed by atoms with E-state index in [4.69, 9.17) is 0 Å². The Morgan fingerprint density at radius 3 is 2.18 bits per heavy atom. The molecular weight excluding hydrogens is 136 g/mol. The highest BCUT2D eigenvalue weighted by atomic mass is 15.4. The number of fused-ring (bicyclic) bond motifs is 3. The highest BCUT2D eigenvalue weighted by molar-refractivity contribution is 4.68. The van der Waals surface area contributed by atoms with Crippen molar-refractivity contribution >= 4 is 0 Å². The molecule has 1 N–H and O–H groups in total. The van der Waals surface area contributed by atoms with Gasteiger partial charge in [0, 0.05) is 0 Å². The molecule has 0 radical (unpaired) electrons. The van der Waals surface area contributed by atoms with Gasteiger partial charge >= 0.3 is 0 Å². The van der Waals surface area contributed by atoms with E-state index in [1.54, 1.807) is 0 Å². The summed E-state index contributed by atoms with van der Waals surface area (Å²) in [5, 5.41) is 0. The minimum Gasteiger partial charge on any atom is -0.321 e. The van der Waals surface area contributed by atoms with Crippen molar-refractivity contribution in [2.45, 2.75) is 0 Å². The maximum Gasteiger partial charge on any atom is 0.129 e. The molecule has 0 aromatic heterocycles. The van der Waals surface area contributed by atoms with Gasteiger partial charge in [0.1, 0.15) is 39.3 Å². The maximum absolute atomic E-state index is 3.84. The Kier molecular flexibility index (Phi) is 1.74. The van der Waals surface area contributed by atoms with Crippen LogP contribution in [0.2, 0.25) is 0 Å². The fourth-order valence-electron chi connectivity index (χ4n) is 2.44. The van der Waals surface area contributed by atoms with E-state index >= 15 is 0 Å². The van der Waals surface area contributed by atoms with Crippen LogP contribution in [-0.4, -0.2) is 50.3 Å². The molecule has 2 heteroatoms. The summed E-state index contributed by atoms with van der Waals surface area (Å²) in [5.74, 6) is 0. The van der Waals surface area contributed by atoms with E-state index in [0.29, 0.717) is 0 Å². The number of hydrogen-bond donors (Lipinski definition) is 1. The van der Waals surface area contributed by atoms with Crippen LogP contribution in [0.3, 0.4) is 0 Å². The van der Waals surface area contributed by atoms with Gasteiger partial charge in [0.25, 0.3) is 0 Å². The van der Waals surface area contributed by atoms with E-state index in [-0.39, 0.29) is 0 Å². The molecule has 3 fully saturated rings. The van der Waals surface area contributed by atoms with E-state index < -0.39 is 0 Å². The van der Waals surface area contributed by atoms with Crippen molar-refractivity contribution in [1.82, 2.24) is 0 Å². The SMILES string of the molecule is C=CC[N+]12CC[NH+](CC1)CC2. The van der Waals surface area contributed by atoms with Crippen molar-refractivity contribution in [3.8, 4) is 0 Å². The van der Waals surface area contributed by atoms with Crippen LogP contribution in [0.5, 0.6) is 0 Å².